The Morgan fingerprint density at radius 3 is 2.92 bits per heavy atom. The van der Waals surface area contributed by atoms with E-state index in [4.69, 9.17) is 9.47 Å². The SMILES string of the molecule is COCCOc1ncccc1C(=O)Nc1nc2c(C)cc(C)cc2s1. The molecule has 0 fully saturated rings. The Kier molecular flexibility index (Phi) is 5.25. The van der Waals surface area contributed by atoms with E-state index < -0.39 is 0 Å². The number of nitrogens with one attached hydrogen (secondary N) is 1. The number of nitrogens with zero attached hydrogens (tertiary/aromatic N) is 2. The van der Waals surface area contributed by atoms with Gasteiger partial charge in [-0.3, -0.25) is 10.1 Å². The summed E-state index contributed by atoms with van der Waals surface area (Å²) in [5.41, 5.74) is 3.55. The number of benzene rings is 1. The van der Waals surface area contributed by atoms with Gasteiger partial charge in [-0.1, -0.05) is 17.4 Å². The number of aromatic nitrogens is 2. The minimum atomic E-state index is -0.297. The number of methoxy groups -OCH3 is 1. The lowest BCUT2D eigenvalue weighted by Crippen LogP contribution is -2.15. The molecule has 130 valence electrons. The van der Waals surface area contributed by atoms with Crippen LogP contribution in [-0.2, 0) is 4.74 Å². The molecular weight excluding hydrogens is 338 g/mol. The van der Waals surface area contributed by atoms with Crippen molar-refractivity contribution < 1.29 is 14.3 Å². The summed E-state index contributed by atoms with van der Waals surface area (Å²) >= 11 is 1.45. The highest BCUT2D eigenvalue weighted by Crippen LogP contribution is 2.30. The second-order valence-electron chi connectivity index (χ2n) is 5.60. The monoisotopic (exact) mass is 357 g/mol. The smallest absolute Gasteiger partial charge is 0.262 e. The lowest BCUT2D eigenvalue weighted by Gasteiger charge is -2.09. The molecule has 0 saturated heterocycles. The van der Waals surface area contributed by atoms with E-state index in [0.717, 1.165) is 15.8 Å². The van der Waals surface area contributed by atoms with Gasteiger partial charge in [0.25, 0.3) is 5.91 Å². The van der Waals surface area contributed by atoms with Crippen molar-refractivity contribution in [1.29, 1.82) is 0 Å². The fraction of sp³-hybridized carbons (Fsp3) is 0.278. The van der Waals surface area contributed by atoms with Gasteiger partial charge in [-0.05, 0) is 43.2 Å². The molecule has 6 nitrogen and oxygen atoms in total. The van der Waals surface area contributed by atoms with Crippen LogP contribution in [0.2, 0.25) is 0 Å². The maximum atomic E-state index is 12.6. The predicted octanol–water partition coefficient (Wildman–Crippen LogP) is 3.59. The van der Waals surface area contributed by atoms with Crippen molar-refractivity contribution in [2.75, 3.05) is 25.6 Å². The number of ether oxygens (including phenoxy) is 2. The number of carbonyl (C=O) groups is 1. The van der Waals surface area contributed by atoms with Crippen LogP contribution in [0, 0.1) is 13.8 Å². The number of anilines is 1. The van der Waals surface area contributed by atoms with Gasteiger partial charge in [0, 0.05) is 13.3 Å². The first kappa shape index (κ1) is 17.3. The van der Waals surface area contributed by atoms with E-state index in [-0.39, 0.29) is 11.8 Å². The largest absolute Gasteiger partial charge is 0.475 e. The molecular formula is C18H19N3O3S. The first-order chi connectivity index (χ1) is 12.1. The normalized spacial score (nSPS) is 10.8. The van der Waals surface area contributed by atoms with Crippen LogP contribution in [0.15, 0.2) is 30.5 Å². The standard InChI is InChI=1S/C18H19N3O3S/c1-11-9-12(2)15-14(10-11)25-18(20-15)21-16(22)13-5-4-6-19-17(13)24-8-7-23-3/h4-6,9-10H,7-8H2,1-3H3,(H,20,21,22). The third kappa shape index (κ3) is 3.94. The summed E-state index contributed by atoms with van der Waals surface area (Å²) in [6.07, 6.45) is 1.59. The van der Waals surface area contributed by atoms with Crippen LogP contribution in [0.1, 0.15) is 21.5 Å². The molecule has 0 atom stereocenters. The molecule has 2 aromatic heterocycles. The summed E-state index contributed by atoms with van der Waals surface area (Å²) in [4.78, 5) is 21.3. The number of carbonyl (C=O) groups excluding carboxylic acids is 1. The van der Waals surface area contributed by atoms with E-state index in [1.807, 2.05) is 13.8 Å². The summed E-state index contributed by atoms with van der Waals surface area (Å²) < 4.78 is 11.5. The van der Waals surface area contributed by atoms with Gasteiger partial charge in [-0.15, -0.1) is 0 Å². The molecule has 0 radical (unpaired) electrons. The molecule has 0 aliphatic heterocycles. The minimum absolute atomic E-state index is 0.283. The van der Waals surface area contributed by atoms with Crippen LogP contribution in [0.5, 0.6) is 5.88 Å². The first-order valence-corrected chi connectivity index (χ1v) is 8.66. The van der Waals surface area contributed by atoms with Gasteiger partial charge in [0.15, 0.2) is 5.13 Å². The predicted molar refractivity (Wildman–Crippen MR) is 98.7 cm³/mol. The molecule has 3 rings (SSSR count). The highest BCUT2D eigenvalue weighted by molar-refractivity contribution is 7.22. The molecule has 2 heterocycles. The molecule has 25 heavy (non-hydrogen) atoms. The van der Waals surface area contributed by atoms with Crippen molar-refractivity contribution in [1.82, 2.24) is 9.97 Å². The van der Waals surface area contributed by atoms with Gasteiger partial charge >= 0.3 is 0 Å². The molecule has 0 saturated carbocycles. The number of amides is 1. The average Bonchev–Trinajstić information content (AvgIpc) is 2.98. The maximum absolute atomic E-state index is 12.6. The second-order valence-corrected chi connectivity index (χ2v) is 6.63. The lowest BCUT2D eigenvalue weighted by molar-refractivity contribution is 0.101. The van der Waals surface area contributed by atoms with Crippen LogP contribution >= 0.6 is 11.3 Å². The van der Waals surface area contributed by atoms with Gasteiger partial charge in [0.05, 0.1) is 16.8 Å². The Morgan fingerprint density at radius 2 is 2.12 bits per heavy atom. The van der Waals surface area contributed by atoms with Gasteiger partial charge in [-0.25, -0.2) is 9.97 Å². The van der Waals surface area contributed by atoms with Crippen LogP contribution < -0.4 is 10.1 Å². The summed E-state index contributed by atoms with van der Waals surface area (Å²) in [6, 6.07) is 7.52. The highest BCUT2D eigenvalue weighted by Gasteiger charge is 2.16. The van der Waals surface area contributed by atoms with E-state index in [9.17, 15) is 4.79 Å². The second kappa shape index (κ2) is 7.58. The minimum Gasteiger partial charge on any atom is -0.475 e. The van der Waals surface area contributed by atoms with Crippen molar-refractivity contribution >= 4 is 32.6 Å². The Balaban J connectivity index is 1.82. The molecule has 7 heteroatoms. The van der Waals surface area contributed by atoms with Crippen molar-refractivity contribution in [3.05, 3.63) is 47.2 Å². The summed E-state index contributed by atoms with van der Waals surface area (Å²) in [7, 11) is 1.59. The van der Waals surface area contributed by atoms with Gasteiger partial charge in [0.1, 0.15) is 12.2 Å². The number of hydrogen-bond donors (Lipinski definition) is 1. The zero-order valence-corrected chi connectivity index (χ0v) is 15.1. The molecule has 3 aromatic rings. The number of rotatable bonds is 6. The van der Waals surface area contributed by atoms with Crippen molar-refractivity contribution in [3.63, 3.8) is 0 Å². The Bertz CT molecular complexity index is 908. The fourth-order valence-electron chi connectivity index (χ4n) is 2.49. The number of thiazole rings is 1. The Morgan fingerprint density at radius 1 is 1.28 bits per heavy atom. The van der Waals surface area contributed by atoms with Crippen LogP contribution in [-0.4, -0.2) is 36.2 Å². The number of pyridine rings is 1. The quantitative estimate of drug-likeness (QED) is 0.683. The van der Waals surface area contributed by atoms with Crippen molar-refractivity contribution in [3.8, 4) is 5.88 Å². The molecule has 0 aliphatic rings. The van der Waals surface area contributed by atoms with E-state index in [0.29, 0.717) is 23.9 Å². The van der Waals surface area contributed by atoms with Crippen LogP contribution in [0.4, 0.5) is 5.13 Å². The molecule has 1 amide bonds. The summed E-state index contributed by atoms with van der Waals surface area (Å²) in [5, 5.41) is 3.40. The third-order valence-electron chi connectivity index (χ3n) is 3.59. The molecule has 1 aromatic carbocycles. The number of aryl methyl sites for hydroxylation is 2. The number of fused-ring (bicyclic) bond motifs is 1. The zero-order valence-electron chi connectivity index (χ0n) is 14.3. The Labute approximate surface area is 149 Å². The third-order valence-corrected chi connectivity index (χ3v) is 4.51. The molecule has 1 N–H and O–H groups in total. The maximum Gasteiger partial charge on any atom is 0.262 e. The van der Waals surface area contributed by atoms with E-state index in [2.05, 4.69) is 27.4 Å². The molecule has 0 spiro atoms. The Hall–Kier alpha value is -2.51. The van der Waals surface area contributed by atoms with E-state index in [1.54, 1.807) is 25.4 Å². The van der Waals surface area contributed by atoms with E-state index in [1.165, 1.54) is 16.9 Å². The average molecular weight is 357 g/mol. The number of hydrogen-bond acceptors (Lipinski definition) is 6. The van der Waals surface area contributed by atoms with Gasteiger partial charge < -0.3 is 9.47 Å². The topological polar surface area (TPSA) is 73.3 Å². The molecule has 0 bridgehead atoms. The van der Waals surface area contributed by atoms with Crippen LogP contribution in [0.3, 0.4) is 0 Å². The van der Waals surface area contributed by atoms with Gasteiger partial charge in [-0.2, -0.15) is 0 Å². The van der Waals surface area contributed by atoms with E-state index >= 15 is 0 Å². The van der Waals surface area contributed by atoms with Crippen LogP contribution in [0.25, 0.3) is 10.2 Å². The zero-order chi connectivity index (χ0) is 17.8. The molecule has 0 unspecified atom stereocenters. The fourth-order valence-corrected chi connectivity index (χ4v) is 3.53. The van der Waals surface area contributed by atoms with Crippen molar-refractivity contribution in [2.24, 2.45) is 0 Å². The van der Waals surface area contributed by atoms with Gasteiger partial charge in [0.2, 0.25) is 5.88 Å². The highest BCUT2D eigenvalue weighted by atomic mass is 32.1. The first-order valence-electron chi connectivity index (χ1n) is 7.84. The lowest BCUT2D eigenvalue weighted by atomic mass is 10.1. The summed E-state index contributed by atoms with van der Waals surface area (Å²) in [6.45, 7) is 4.81. The summed E-state index contributed by atoms with van der Waals surface area (Å²) in [5.74, 6) is -0.0147. The molecule has 0 aliphatic carbocycles. The van der Waals surface area contributed by atoms with Crippen molar-refractivity contribution in [2.45, 2.75) is 13.8 Å².